The third-order valence-corrected chi connectivity index (χ3v) is 5.12. The molecule has 11 heteroatoms. The van der Waals surface area contributed by atoms with Gasteiger partial charge in [0.25, 0.3) is 5.91 Å². The van der Waals surface area contributed by atoms with E-state index in [-0.39, 0.29) is 29.9 Å². The molecule has 0 spiro atoms. The molecule has 0 bridgehead atoms. The summed E-state index contributed by atoms with van der Waals surface area (Å²) in [4.78, 5) is 23.4. The number of aromatic nitrogens is 3. The van der Waals surface area contributed by atoms with Crippen molar-refractivity contribution in [2.75, 3.05) is 37.4 Å². The number of carbonyl (C=O) groups excluding carboxylic acids is 1. The van der Waals surface area contributed by atoms with Crippen LogP contribution in [0.1, 0.15) is 36.5 Å². The van der Waals surface area contributed by atoms with Crippen molar-refractivity contribution < 1.29 is 19.0 Å². The quantitative estimate of drug-likeness (QED) is 0.321. The fourth-order valence-electron chi connectivity index (χ4n) is 3.64. The van der Waals surface area contributed by atoms with Crippen molar-refractivity contribution in [3.63, 3.8) is 0 Å². The van der Waals surface area contributed by atoms with Crippen LogP contribution in [0.5, 0.6) is 0 Å². The smallest absolute Gasteiger partial charge is 0.258 e. The second-order valence-electron chi connectivity index (χ2n) is 7.38. The van der Waals surface area contributed by atoms with Crippen LogP contribution in [0.25, 0.3) is 5.65 Å². The lowest BCUT2D eigenvalue weighted by Gasteiger charge is -2.27. The van der Waals surface area contributed by atoms with Gasteiger partial charge in [0, 0.05) is 31.5 Å². The molecule has 1 fully saturated rings. The molecule has 1 amide bonds. The SMILES string of the molecule is C=C(/C(=N\C=C(/C)F)OC)[C@H]1CCCN1c1ccn2nc(N)c(C(=O)NCCCO)c2n1. The van der Waals surface area contributed by atoms with Crippen LogP contribution in [0, 0.1) is 0 Å². The Labute approximate surface area is 185 Å². The van der Waals surface area contributed by atoms with Gasteiger partial charge in [-0.05, 0) is 32.3 Å². The number of aliphatic imine (C=N–C) groups is 1. The highest BCUT2D eigenvalue weighted by Crippen LogP contribution is 2.30. The molecule has 0 aromatic carbocycles. The minimum Gasteiger partial charge on any atom is -0.481 e. The number of nitrogens with two attached hydrogens (primary N) is 1. The predicted octanol–water partition coefficient (Wildman–Crippen LogP) is 1.82. The summed E-state index contributed by atoms with van der Waals surface area (Å²) in [6.07, 6.45) is 4.90. The Hall–Kier alpha value is -3.47. The van der Waals surface area contributed by atoms with Crippen molar-refractivity contribution >= 4 is 29.1 Å². The molecule has 1 atom stereocenters. The maximum Gasteiger partial charge on any atom is 0.258 e. The summed E-state index contributed by atoms with van der Waals surface area (Å²) < 4.78 is 19.9. The van der Waals surface area contributed by atoms with Crippen molar-refractivity contribution in [1.29, 1.82) is 0 Å². The maximum atomic E-state index is 13.1. The van der Waals surface area contributed by atoms with Gasteiger partial charge in [0.05, 0.1) is 19.4 Å². The van der Waals surface area contributed by atoms with Crippen molar-refractivity contribution in [2.45, 2.75) is 32.2 Å². The monoisotopic (exact) mass is 445 g/mol. The lowest BCUT2D eigenvalue weighted by molar-refractivity contribution is 0.0953. The van der Waals surface area contributed by atoms with E-state index < -0.39 is 11.7 Å². The van der Waals surface area contributed by atoms with Gasteiger partial charge >= 0.3 is 0 Å². The Balaban J connectivity index is 1.92. The molecule has 0 radical (unpaired) electrons. The standard InChI is InChI=1S/C21H28FN7O3/c1-13(22)12-25-21(32-3)14(2)15-6-4-9-28(15)16-7-10-29-19(26-16)17(18(23)27-29)20(31)24-8-5-11-30/h7,10,12,15,30H,2,4-6,8-9,11H2,1,3H3,(H2,23,27)(H,24,31)/b13-12+,25-21+/t15-/m1/s1. The summed E-state index contributed by atoms with van der Waals surface area (Å²) in [6, 6.07) is 1.63. The molecule has 2 aromatic rings. The van der Waals surface area contributed by atoms with Gasteiger partial charge in [0.15, 0.2) is 11.5 Å². The largest absolute Gasteiger partial charge is 0.481 e. The third-order valence-electron chi connectivity index (χ3n) is 5.12. The number of fused-ring (bicyclic) bond motifs is 1. The second kappa shape index (κ2) is 10.2. The van der Waals surface area contributed by atoms with E-state index in [1.54, 1.807) is 12.3 Å². The molecule has 1 aliphatic rings. The van der Waals surface area contributed by atoms with E-state index in [4.69, 9.17) is 15.6 Å². The summed E-state index contributed by atoms with van der Waals surface area (Å²) in [5.74, 6) is 0.0994. The first kappa shape index (κ1) is 23.2. The molecule has 32 heavy (non-hydrogen) atoms. The molecule has 3 heterocycles. The fraction of sp³-hybridized carbons (Fsp3) is 0.429. The van der Waals surface area contributed by atoms with Crippen LogP contribution in [-0.4, -0.2) is 64.4 Å². The second-order valence-corrected chi connectivity index (χ2v) is 7.38. The topological polar surface area (TPSA) is 130 Å². The van der Waals surface area contributed by atoms with E-state index in [9.17, 15) is 9.18 Å². The normalized spacial score (nSPS) is 17.1. The number of allylic oxidation sites excluding steroid dienone is 1. The summed E-state index contributed by atoms with van der Waals surface area (Å²) in [7, 11) is 1.46. The summed E-state index contributed by atoms with van der Waals surface area (Å²) in [5.41, 5.74) is 7.10. The molecule has 0 unspecified atom stereocenters. The molecular formula is C21H28FN7O3. The molecule has 10 nitrogen and oxygen atoms in total. The molecule has 3 rings (SSSR count). The number of amides is 1. The maximum absolute atomic E-state index is 13.1. The Morgan fingerprint density at radius 2 is 2.34 bits per heavy atom. The average molecular weight is 445 g/mol. The Morgan fingerprint density at radius 1 is 1.56 bits per heavy atom. The number of halogens is 1. The Morgan fingerprint density at radius 3 is 3.03 bits per heavy atom. The predicted molar refractivity (Wildman–Crippen MR) is 120 cm³/mol. The van der Waals surface area contributed by atoms with Crippen LogP contribution in [0.4, 0.5) is 16.0 Å². The first-order chi connectivity index (χ1) is 15.4. The Bertz CT molecular complexity index is 1060. The average Bonchev–Trinajstić information content (AvgIpc) is 3.37. The molecule has 1 saturated heterocycles. The van der Waals surface area contributed by atoms with Gasteiger partial charge in [-0.1, -0.05) is 6.58 Å². The summed E-state index contributed by atoms with van der Waals surface area (Å²) >= 11 is 0. The van der Waals surface area contributed by atoms with Gasteiger partial charge in [-0.2, -0.15) is 0 Å². The summed E-state index contributed by atoms with van der Waals surface area (Å²) in [6.45, 7) is 6.41. The van der Waals surface area contributed by atoms with Gasteiger partial charge in [0.1, 0.15) is 17.2 Å². The number of carbonyl (C=O) groups is 1. The fourth-order valence-corrected chi connectivity index (χ4v) is 3.64. The molecular weight excluding hydrogens is 417 g/mol. The highest BCUT2D eigenvalue weighted by molar-refractivity contribution is 6.04. The zero-order valence-electron chi connectivity index (χ0n) is 18.2. The highest BCUT2D eigenvalue weighted by atomic mass is 19.1. The van der Waals surface area contributed by atoms with E-state index in [2.05, 4.69) is 27.0 Å². The van der Waals surface area contributed by atoms with E-state index >= 15 is 0 Å². The first-order valence-corrected chi connectivity index (χ1v) is 10.3. The third kappa shape index (κ3) is 4.88. The number of nitrogens with one attached hydrogen (secondary N) is 1. The minimum atomic E-state index is -0.439. The molecule has 2 aromatic heterocycles. The van der Waals surface area contributed by atoms with Crippen LogP contribution in [0.15, 0.2) is 41.4 Å². The molecule has 4 N–H and O–H groups in total. The van der Waals surface area contributed by atoms with Gasteiger partial charge in [-0.25, -0.2) is 18.9 Å². The number of rotatable bonds is 8. The lowest BCUT2D eigenvalue weighted by Crippen LogP contribution is -2.34. The van der Waals surface area contributed by atoms with Crippen molar-refractivity contribution in [3.8, 4) is 0 Å². The number of hydrogen-bond acceptors (Lipinski definition) is 8. The number of aliphatic hydroxyl groups is 1. The van der Waals surface area contributed by atoms with Crippen LogP contribution >= 0.6 is 0 Å². The zero-order valence-corrected chi connectivity index (χ0v) is 18.2. The van der Waals surface area contributed by atoms with E-state index in [1.165, 1.54) is 18.5 Å². The van der Waals surface area contributed by atoms with E-state index in [0.29, 0.717) is 36.5 Å². The molecule has 1 aliphatic heterocycles. The lowest BCUT2D eigenvalue weighted by atomic mass is 10.1. The number of methoxy groups -OCH3 is 1. The molecule has 0 saturated carbocycles. The van der Waals surface area contributed by atoms with Gasteiger partial charge in [0.2, 0.25) is 5.90 Å². The van der Waals surface area contributed by atoms with Gasteiger partial charge in [-0.15, -0.1) is 5.10 Å². The van der Waals surface area contributed by atoms with Crippen LogP contribution in [0.2, 0.25) is 0 Å². The number of nitrogens with zero attached hydrogens (tertiary/aromatic N) is 5. The number of anilines is 2. The van der Waals surface area contributed by atoms with Crippen LogP contribution in [-0.2, 0) is 4.74 Å². The minimum absolute atomic E-state index is 0.0272. The highest BCUT2D eigenvalue weighted by Gasteiger charge is 2.31. The van der Waals surface area contributed by atoms with Crippen molar-refractivity contribution in [3.05, 3.63) is 42.0 Å². The number of ether oxygens (including phenoxy) is 1. The number of aliphatic hydroxyl groups excluding tert-OH is 1. The van der Waals surface area contributed by atoms with Crippen molar-refractivity contribution in [1.82, 2.24) is 19.9 Å². The van der Waals surface area contributed by atoms with Crippen molar-refractivity contribution in [2.24, 2.45) is 4.99 Å². The van der Waals surface area contributed by atoms with Gasteiger partial charge in [-0.3, -0.25) is 4.79 Å². The van der Waals surface area contributed by atoms with E-state index in [1.807, 2.05) is 4.90 Å². The molecule has 0 aliphatic carbocycles. The van der Waals surface area contributed by atoms with Crippen LogP contribution < -0.4 is 16.0 Å². The number of hydrogen-bond donors (Lipinski definition) is 3. The Kier molecular flexibility index (Phi) is 7.41. The van der Waals surface area contributed by atoms with E-state index in [0.717, 1.165) is 19.0 Å². The summed E-state index contributed by atoms with van der Waals surface area (Å²) in [5, 5.41) is 15.8. The van der Waals surface area contributed by atoms with Gasteiger partial charge < -0.3 is 25.8 Å². The number of nitrogen functional groups attached to an aromatic ring is 1. The van der Waals surface area contributed by atoms with Crippen LogP contribution in [0.3, 0.4) is 0 Å². The zero-order chi connectivity index (χ0) is 23.3. The first-order valence-electron chi connectivity index (χ1n) is 10.3. The molecule has 172 valence electrons.